The molecule has 4 rings (SSSR count). The first-order chi connectivity index (χ1) is 11.7. The van der Waals surface area contributed by atoms with E-state index < -0.39 is 0 Å². The molecule has 0 bridgehead atoms. The summed E-state index contributed by atoms with van der Waals surface area (Å²) in [6, 6.07) is 9.24. The molecule has 2 amide bonds. The predicted octanol–water partition coefficient (Wildman–Crippen LogP) is 1.36. The summed E-state index contributed by atoms with van der Waals surface area (Å²) in [6.45, 7) is 4.60. The summed E-state index contributed by atoms with van der Waals surface area (Å²) in [5.74, 6) is 0.139. The summed E-state index contributed by atoms with van der Waals surface area (Å²) < 4.78 is 0. The lowest BCUT2D eigenvalue weighted by molar-refractivity contribution is -0.134. The van der Waals surface area contributed by atoms with E-state index in [0.29, 0.717) is 18.8 Å². The van der Waals surface area contributed by atoms with Gasteiger partial charge in [-0.15, -0.1) is 0 Å². The Morgan fingerprint density at radius 1 is 0.917 bits per heavy atom. The minimum Gasteiger partial charge on any atom is -0.317 e. The molecule has 2 N–H and O–H groups in total. The third-order valence-corrected chi connectivity index (χ3v) is 5.78. The van der Waals surface area contributed by atoms with Crippen LogP contribution in [0.5, 0.6) is 0 Å². The summed E-state index contributed by atoms with van der Waals surface area (Å²) in [5, 5.41) is 5.86. The highest BCUT2D eigenvalue weighted by atomic mass is 16.2. The van der Waals surface area contributed by atoms with Crippen LogP contribution < -0.4 is 10.6 Å². The van der Waals surface area contributed by atoms with Crippen LogP contribution in [0.15, 0.2) is 24.3 Å². The first-order valence-corrected chi connectivity index (χ1v) is 9.09. The lowest BCUT2D eigenvalue weighted by Crippen LogP contribution is -2.53. The number of nitrogens with zero attached hydrogens (tertiary/aromatic N) is 1. The molecule has 5 heteroatoms. The number of likely N-dealkylation sites (tertiary alicyclic amines) is 1. The van der Waals surface area contributed by atoms with Crippen molar-refractivity contribution >= 4 is 11.8 Å². The first-order valence-electron chi connectivity index (χ1n) is 9.09. The van der Waals surface area contributed by atoms with Crippen LogP contribution >= 0.6 is 0 Å². The number of hydrogen-bond donors (Lipinski definition) is 2. The zero-order valence-corrected chi connectivity index (χ0v) is 14.0. The topological polar surface area (TPSA) is 61.4 Å². The van der Waals surface area contributed by atoms with Crippen LogP contribution in [-0.4, -0.2) is 48.9 Å². The molecule has 0 spiro atoms. The van der Waals surface area contributed by atoms with Crippen molar-refractivity contribution in [3.8, 4) is 0 Å². The molecule has 3 saturated heterocycles. The Morgan fingerprint density at radius 3 is 2.25 bits per heavy atom. The number of piperidine rings is 2. The molecule has 1 atom stereocenters. The Morgan fingerprint density at radius 2 is 1.58 bits per heavy atom. The van der Waals surface area contributed by atoms with E-state index in [1.807, 2.05) is 0 Å². The van der Waals surface area contributed by atoms with E-state index in [1.54, 1.807) is 0 Å². The van der Waals surface area contributed by atoms with Crippen LogP contribution in [0.1, 0.15) is 48.6 Å². The van der Waals surface area contributed by atoms with E-state index in [4.69, 9.17) is 0 Å². The van der Waals surface area contributed by atoms with Gasteiger partial charge in [-0.3, -0.25) is 19.8 Å². The van der Waals surface area contributed by atoms with Gasteiger partial charge < -0.3 is 5.32 Å². The maximum Gasteiger partial charge on any atom is 0.234 e. The minimum atomic E-state index is -0.177. The second-order valence-corrected chi connectivity index (χ2v) is 7.30. The fraction of sp³-hybridized carbons (Fsp3) is 0.579. The third-order valence-electron chi connectivity index (χ3n) is 5.78. The van der Waals surface area contributed by atoms with Crippen molar-refractivity contribution in [2.24, 2.45) is 0 Å². The second kappa shape index (κ2) is 6.65. The lowest BCUT2D eigenvalue weighted by Gasteiger charge is -2.46. The Balaban J connectivity index is 1.35. The molecular weight excluding hydrogens is 302 g/mol. The van der Waals surface area contributed by atoms with Crippen LogP contribution in [0.25, 0.3) is 0 Å². The Labute approximate surface area is 142 Å². The first kappa shape index (κ1) is 15.8. The van der Waals surface area contributed by atoms with Crippen LogP contribution in [0, 0.1) is 0 Å². The van der Waals surface area contributed by atoms with Crippen LogP contribution in [0.4, 0.5) is 0 Å². The number of benzene rings is 1. The number of hydrogen-bond acceptors (Lipinski definition) is 4. The molecule has 1 aromatic carbocycles. The highest BCUT2D eigenvalue weighted by molar-refractivity contribution is 6.00. The van der Waals surface area contributed by atoms with Crippen molar-refractivity contribution in [3.63, 3.8) is 0 Å². The fourth-order valence-electron chi connectivity index (χ4n) is 4.21. The molecule has 1 aromatic rings. The van der Waals surface area contributed by atoms with Crippen molar-refractivity contribution in [1.82, 2.24) is 15.5 Å². The summed E-state index contributed by atoms with van der Waals surface area (Å²) in [4.78, 5) is 25.8. The molecule has 24 heavy (non-hydrogen) atoms. The van der Waals surface area contributed by atoms with Gasteiger partial charge in [0.15, 0.2) is 0 Å². The molecule has 0 radical (unpaired) electrons. The van der Waals surface area contributed by atoms with Gasteiger partial charge in [0.2, 0.25) is 11.8 Å². The Hall–Kier alpha value is -1.72. The Kier molecular flexibility index (Phi) is 4.37. The lowest BCUT2D eigenvalue weighted by atomic mass is 9.85. The molecule has 3 aliphatic heterocycles. The molecule has 3 fully saturated rings. The number of carbonyl (C=O) groups is 2. The molecule has 128 valence electrons. The molecule has 0 saturated carbocycles. The predicted molar refractivity (Wildman–Crippen MR) is 91.8 cm³/mol. The van der Waals surface area contributed by atoms with Crippen LogP contribution in [-0.2, 0) is 9.59 Å². The van der Waals surface area contributed by atoms with Gasteiger partial charge in [0.05, 0.1) is 5.92 Å². The molecule has 1 unspecified atom stereocenters. The minimum absolute atomic E-state index is 0.152. The Bertz CT molecular complexity index is 616. The third kappa shape index (κ3) is 3.10. The van der Waals surface area contributed by atoms with Gasteiger partial charge in [0.25, 0.3) is 0 Å². The summed E-state index contributed by atoms with van der Waals surface area (Å²) in [6.07, 6.45) is 3.59. The molecule has 3 aliphatic rings. The van der Waals surface area contributed by atoms with E-state index in [-0.39, 0.29) is 17.7 Å². The van der Waals surface area contributed by atoms with Gasteiger partial charge in [-0.2, -0.15) is 0 Å². The van der Waals surface area contributed by atoms with Gasteiger partial charge in [0, 0.05) is 31.5 Å². The molecular formula is C19H25N3O2. The van der Waals surface area contributed by atoms with Gasteiger partial charge in [-0.05, 0) is 43.5 Å². The van der Waals surface area contributed by atoms with E-state index in [9.17, 15) is 9.59 Å². The summed E-state index contributed by atoms with van der Waals surface area (Å²) >= 11 is 0. The molecule has 0 aliphatic carbocycles. The van der Waals surface area contributed by atoms with Gasteiger partial charge in [-0.25, -0.2) is 0 Å². The van der Waals surface area contributed by atoms with Gasteiger partial charge in [-0.1, -0.05) is 24.3 Å². The number of rotatable bonds is 3. The fourth-order valence-corrected chi connectivity index (χ4v) is 4.21. The monoisotopic (exact) mass is 327 g/mol. The van der Waals surface area contributed by atoms with Crippen molar-refractivity contribution in [1.29, 1.82) is 0 Å². The summed E-state index contributed by atoms with van der Waals surface area (Å²) in [7, 11) is 0. The van der Waals surface area contributed by atoms with E-state index >= 15 is 0 Å². The van der Waals surface area contributed by atoms with Crippen molar-refractivity contribution in [2.45, 2.75) is 43.6 Å². The highest BCUT2D eigenvalue weighted by Gasteiger charge is 2.34. The van der Waals surface area contributed by atoms with E-state index in [2.05, 4.69) is 39.8 Å². The molecule has 3 heterocycles. The average Bonchev–Trinajstić information content (AvgIpc) is 2.55. The quantitative estimate of drug-likeness (QED) is 0.823. The van der Waals surface area contributed by atoms with Crippen molar-refractivity contribution in [3.05, 3.63) is 35.4 Å². The SMILES string of the molecule is O=C1CCC(c2ccc(C3CN(C4CCNCC4)C3)cc2)C(=O)N1. The number of carbonyl (C=O) groups excluding carboxylic acids is 2. The molecule has 5 nitrogen and oxygen atoms in total. The van der Waals surface area contributed by atoms with Crippen molar-refractivity contribution < 1.29 is 9.59 Å². The molecule has 0 aromatic heterocycles. The number of imide groups is 1. The normalized spacial score (nSPS) is 26.9. The maximum atomic E-state index is 12.0. The highest BCUT2D eigenvalue weighted by Crippen LogP contribution is 2.32. The average molecular weight is 327 g/mol. The van der Waals surface area contributed by atoms with E-state index in [0.717, 1.165) is 37.8 Å². The largest absolute Gasteiger partial charge is 0.317 e. The van der Waals surface area contributed by atoms with Crippen molar-refractivity contribution in [2.75, 3.05) is 26.2 Å². The number of nitrogens with one attached hydrogen (secondary N) is 2. The maximum absolute atomic E-state index is 12.0. The standard InChI is InChI=1S/C19H25N3O2/c23-18-6-5-17(19(24)21-18)14-3-1-13(2-4-14)15-11-22(12-15)16-7-9-20-10-8-16/h1-4,15-17,20H,5-12H2,(H,21,23,24). The number of amides is 2. The smallest absolute Gasteiger partial charge is 0.234 e. The van der Waals surface area contributed by atoms with Gasteiger partial charge >= 0.3 is 0 Å². The van der Waals surface area contributed by atoms with Gasteiger partial charge in [0.1, 0.15) is 0 Å². The zero-order valence-electron chi connectivity index (χ0n) is 14.0. The second-order valence-electron chi connectivity index (χ2n) is 7.30. The summed E-state index contributed by atoms with van der Waals surface area (Å²) in [5.41, 5.74) is 2.40. The van der Waals surface area contributed by atoms with E-state index in [1.165, 1.54) is 18.4 Å². The zero-order chi connectivity index (χ0) is 16.5. The van der Waals surface area contributed by atoms with Crippen LogP contribution in [0.3, 0.4) is 0 Å². The van der Waals surface area contributed by atoms with Crippen LogP contribution in [0.2, 0.25) is 0 Å².